The lowest BCUT2D eigenvalue weighted by atomic mass is 10.2. The molecule has 106 valence electrons. The number of benzene rings is 1. The number of carbonyl (C=O) groups excluding carboxylic acids is 1. The number of hydrogen-bond donors (Lipinski definition) is 2. The number of anilines is 1. The van der Waals surface area contributed by atoms with E-state index in [1.165, 1.54) is 23.1 Å². The van der Waals surface area contributed by atoms with Gasteiger partial charge < -0.3 is 15.3 Å². The van der Waals surface area contributed by atoms with Crippen LogP contribution in [0.4, 0.5) is 10.5 Å². The number of carboxylic acid groups (broad SMARTS) is 1. The summed E-state index contributed by atoms with van der Waals surface area (Å²) in [7, 11) is 0. The zero-order valence-corrected chi connectivity index (χ0v) is 11.6. The first-order valence-corrected chi connectivity index (χ1v) is 6.33. The Morgan fingerprint density at radius 3 is 2.70 bits per heavy atom. The van der Waals surface area contributed by atoms with E-state index in [4.69, 9.17) is 22.0 Å². The van der Waals surface area contributed by atoms with Gasteiger partial charge in [-0.25, -0.2) is 9.59 Å². The van der Waals surface area contributed by atoms with Gasteiger partial charge in [0, 0.05) is 13.1 Å². The minimum absolute atomic E-state index is 0.0461. The lowest BCUT2D eigenvalue weighted by molar-refractivity contribution is 0.0697. The van der Waals surface area contributed by atoms with Crippen LogP contribution in [0.2, 0.25) is 5.02 Å². The van der Waals surface area contributed by atoms with Crippen molar-refractivity contribution in [2.45, 2.75) is 13.3 Å². The number of urea groups is 1. The van der Waals surface area contributed by atoms with Crippen LogP contribution >= 0.6 is 11.6 Å². The van der Waals surface area contributed by atoms with Crippen LogP contribution in [0.25, 0.3) is 0 Å². The molecular formula is C13H14ClN3O3. The van der Waals surface area contributed by atoms with Gasteiger partial charge in [0.25, 0.3) is 0 Å². The first kappa shape index (κ1) is 15.8. The molecule has 0 bridgehead atoms. The van der Waals surface area contributed by atoms with E-state index in [2.05, 4.69) is 5.32 Å². The number of nitriles is 1. The van der Waals surface area contributed by atoms with Crippen molar-refractivity contribution in [3.8, 4) is 6.07 Å². The van der Waals surface area contributed by atoms with Gasteiger partial charge >= 0.3 is 12.0 Å². The highest BCUT2D eigenvalue weighted by Crippen LogP contribution is 2.23. The number of nitrogens with one attached hydrogen (secondary N) is 1. The van der Waals surface area contributed by atoms with Crippen molar-refractivity contribution >= 4 is 29.3 Å². The predicted octanol–water partition coefficient (Wildman–Crippen LogP) is 2.81. The molecule has 0 aliphatic heterocycles. The van der Waals surface area contributed by atoms with E-state index in [0.29, 0.717) is 18.8 Å². The normalized spacial score (nSPS) is 9.65. The highest BCUT2D eigenvalue weighted by atomic mass is 35.5. The SMILES string of the molecule is CCN(CCC#N)C(=O)Nc1ccc(C(=O)O)cc1Cl. The van der Waals surface area contributed by atoms with E-state index >= 15 is 0 Å². The summed E-state index contributed by atoms with van der Waals surface area (Å²) in [6.07, 6.45) is 0.243. The Hall–Kier alpha value is -2.26. The molecule has 2 amide bonds. The van der Waals surface area contributed by atoms with Gasteiger partial charge in [0.1, 0.15) is 0 Å². The molecule has 0 aromatic heterocycles. The summed E-state index contributed by atoms with van der Waals surface area (Å²) in [5, 5.41) is 20.1. The zero-order valence-electron chi connectivity index (χ0n) is 10.9. The van der Waals surface area contributed by atoms with Crippen molar-refractivity contribution in [2.24, 2.45) is 0 Å². The molecule has 2 N–H and O–H groups in total. The number of amides is 2. The van der Waals surface area contributed by atoms with Crippen molar-refractivity contribution in [3.63, 3.8) is 0 Å². The summed E-state index contributed by atoms with van der Waals surface area (Å²) < 4.78 is 0. The van der Waals surface area contributed by atoms with E-state index in [0.717, 1.165) is 0 Å². The highest BCUT2D eigenvalue weighted by molar-refractivity contribution is 6.34. The molecule has 0 radical (unpaired) electrons. The molecule has 0 aliphatic rings. The van der Waals surface area contributed by atoms with Gasteiger partial charge in [-0.05, 0) is 25.1 Å². The van der Waals surface area contributed by atoms with Gasteiger partial charge in [0.15, 0.2) is 0 Å². The molecule has 0 fully saturated rings. The molecule has 6 nitrogen and oxygen atoms in total. The van der Waals surface area contributed by atoms with Gasteiger partial charge in [-0.2, -0.15) is 5.26 Å². The van der Waals surface area contributed by atoms with Crippen LogP contribution in [-0.4, -0.2) is 35.1 Å². The molecule has 0 unspecified atom stereocenters. The van der Waals surface area contributed by atoms with E-state index in [1.54, 1.807) is 6.92 Å². The third-order valence-corrected chi connectivity index (χ3v) is 2.93. The second-order valence-corrected chi connectivity index (χ2v) is 4.32. The quantitative estimate of drug-likeness (QED) is 0.873. The van der Waals surface area contributed by atoms with Crippen molar-refractivity contribution < 1.29 is 14.7 Å². The van der Waals surface area contributed by atoms with Crippen molar-refractivity contribution in [3.05, 3.63) is 28.8 Å². The third-order valence-electron chi connectivity index (χ3n) is 2.62. The monoisotopic (exact) mass is 295 g/mol. The molecule has 0 saturated carbocycles. The standard InChI is InChI=1S/C13H14ClN3O3/c1-2-17(7-3-6-15)13(20)16-11-5-4-9(12(18)19)8-10(11)14/h4-5,8H,2-3,7H2,1H3,(H,16,20)(H,18,19). The Morgan fingerprint density at radius 1 is 1.50 bits per heavy atom. The Kier molecular flexibility index (Phi) is 5.81. The fraction of sp³-hybridized carbons (Fsp3) is 0.308. The molecule has 7 heteroatoms. The van der Waals surface area contributed by atoms with Crippen LogP contribution in [0.3, 0.4) is 0 Å². The summed E-state index contributed by atoms with van der Waals surface area (Å²) in [5.74, 6) is -1.09. The number of carboxylic acids is 1. The number of hydrogen-bond acceptors (Lipinski definition) is 3. The van der Waals surface area contributed by atoms with Crippen LogP contribution in [0.5, 0.6) is 0 Å². The van der Waals surface area contributed by atoms with Crippen LogP contribution in [-0.2, 0) is 0 Å². The predicted molar refractivity (Wildman–Crippen MR) is 74.9 cm³/mol. The fourth-order valence-electron chi connectivity index (χ4n) is 1.53. The number of carbonyl (C=O) groups is 2. The third kappa shape index (κ3) is 4.14. The number of aromatic carboxylic acids is 1. The smallest absolute Gasteiger partial charge is 0.335 e. The fourth-order valence-corrected chi connectivity index (χ4v) is 1.76. The summed E-state index contributed by atoms with van der Waals surface area (Å²) in [5.41, 5.74) is 0.377. The Morgan fingerprint density at radius 2 is 2.20 bits per heavy atom. The summed E-state index contributed by atoms with van der Waals surface area (Å²) in [6, 6.07) is 5.65. The van der Waals surface area contributed by atoms with Gasteiger partial charge in [-0.15, -0.1) is 0 Å². The van der Waals surface area contributed by atoms with Crippen LogP contribution in [0.15, 0.2) is 18.2 Å². The molecule has 0 atom stereocenters. The molecule has 1 aromatic rings. The number of halogens is 1. The second-order valence-electron chi connectivity index (χ2n) is 3.92. The number of nitrogens with zero attached hydrogens (tertiary/aromatic N) is 2. The minimum Gasteiger partial charge on any atom is -0.478 e. The summed E-state index contributed by atoms with van der Waals surface area (Å²) in [4.78, 5) is 24.2. The van der Waals surface area contributed by atoms with Gasteiger partial charge in [-0.3, -0.25) is 0 Å². The van der Waals surface area contributed by atoms with E-state index in [9.17, 15) is 9.59 Å². The topological polar surface area (TPSA) is 93.4 Å². The highest BCUT2D eigenvalue weighted by Gasteiger charge is 2.14. The van der Waals surface area contributed by atoms with Crippen LogP contribution in [0, 0.1) is 11.3 Å². The van der Waals surface area contributed by atoms with E-state index < -0.39 is 5.97 Å². The van der Waals surface area contributed by atoms with E-state index in [1.807, 2.05) is 6.07 Å². The molecule has 0 spiro atoms. The van der Waals surface area contributed by atoms with Crippen molar-refractivity contribution in [2.75, 3.05) is 18.4 Å². The molecule has 1 rings (SSSR count). The maximum Gasteiger partial charge on any atom is 0.335 e. The average Bonchev–Trinajstić information content (AvgIpc) is 2.41. The minimum atomic E-state index is -1.09. The zero-order chi connectivity index (χ0) is 15.1. The molecule has 0 saturated heterocycles. The maximum atomic E-state index is 12.0. The van der Waals surface area contributed by atoms with Crippen LogP contribution < -0.4 is 5.32 Å². The van der Waals surface area contributed by atoms with E-state index in [-0.39, 0.29) is 23.0 Å². The Balaban J connectivity index is 2.80. The number of rotatable bonds is 5. The van der Waals surface area contributed by atoms with Gasteiger partial charge in [-0.1, -0.05) is 11.6 Å². The first-order valence-electron chi connectivity index (χ1n) is 5.95. The largest absolute Gasteiger partial charge is 0.478 e. The Bertz CT molecular complexity index is 554. The molecular weight excluding hydrogens is 282 g/mol. The lowest BCUT2D eigenvalue weighted by Crippen LogP contribution is -2.35. The van der Waals surface area contributed by atoms with Crippen molar-refractivity contribution in [1.29, 1.82) is 5.26 Å². The molecule has 0 aliphatic carbocycles. The van der Waals surface area contributed by atoms with Gasteiger partial charge in [0.2, 0.25) is 0 Å². The first-order chi connectivity index (χ1) is 9.49. The van der Waals surface area contributed by atoms with Crippen LogP contribution in [0.1, 0.15) is 23.7 Å². The molecule has 0 heterocycles. The van der Waals surface area contributed by atoms with Crippen molar-refractivity contribution in [1.82, 2.24) is 4.90 Å². The van der Waals surface area contributed by atoms with Gasteiger partial charge in [0.05, 0.1) is 28.8 Å². The molecule has 1 aromatic carbocycles. The Labute approximate surface area is 121 Å². The lowest BCUT2D eigenvalue weighted by Gasteiger charge is -2.20. The maximum absolute atomic E-state index is 12.0. The molecule has 20 heavy (non-hydrogen) atoms. The summed E-state index contributed by atoms with van der Waals surface area (Å²) in [6.45, 7) is 2.58. The second kappa shape index (κ2) is 7.36. The average molecular weight is 296 g/mol. The summed E-state index contributed by atoms with van der Waals surface area (Å²) >= 11 is 5.92.